The van der Waals surface area contributed by atoms with Crippen molar-refractivity contribution >= 4 is 11.6 Å². The highest BCUT2D eigenvalue weighted by Gasteiger charge is 2.08. The Morgan fingerprint density at radius 1 is 1.11 bits per heavy atom. The van der Waals surface area contributed by atoms with Gasteiger partial charge in [-0.2, -0.15) is 9.61 Å². The van der Waals surface area contributed by atoms with Crippen LogP contribution in [0.15, 0.2) is 48.7 Å². The number of nitrogens with zero attached hydrogens (tertiary/aromatic N) is 4. The number of hydrogen-bond acceptors (Lipinski definition) is 4. The standard InChI is InChI=1S/C13H11N5O/c19-13(10-5-2-1-3-6-10)14-9-12-17-16-11-7-4-8-15-18(11)12/h1-8H,9H2,(H,14,19). The third-order valence-electron chi connectivity index (χ3n) is 2.69. The third-order valence-corrected chi connectivity index (χ3v) is 2.69. The van der Waals surface area contributed by atoms with Crippen LogP contribution in [0.3, 0.4) is 0 Å². The number of nitrogens with one attached hydrogen (secondary N) is 1. The van der Waals surface area contributed by atoms with Crippen LogP contribution in [-0.4, -0.2) is 25.7 Å². The van der Waals surface area contributed by atoms with E-state index in [-0.39, 0.29) is 12.5 Å². The van der Waals surface area contributed by atoms with Crippen LogP contribution < -0.4 is 5.32 Å². The lowest BCUT2D eigenvalue weighted by molar-refractivity contribution is 0.0949. The van der Waals surface area contributed by atoms with E-state index in [0.717, 1.165) is 0 Å². The molecule has 1 N–H and O–H groups in total. The van der Waals surface area contributed by atoms with Crippen LogP contribution in [0.2, 0.25) is 0 Å². The number of rotatable bonds is 3. The van der Waals surface area contributed by atoms with Crippen molar-refractivity contribution in [1.29, 1.82) is 0 Å². The Morgan fingerprint density at radius 3 is 2.79 bits per heavy atom. The lowest BCUT2D eigenvalue weighted by Crippen LogP contribution is -2.24. The molecule has 2 aromatic heterocycles. The van der Waals surface area contributed by atoms with Crippen molar-refractivity contribution in [2.45, 2.75) is 6.54 Å². The Labute approximate surface area is 109 Å². The summed E-state index contributed by atoms with van der Waals surface area (Å²) in [6, 6.07) is 12.6. The van der Waals surface area contributed by atoms with Gasteiger partial charge in [-0.15, -0.1) is 10.2 Å². The second-order valence-corrected chi connectivity index (χ2v) is 3.96. The summed E-state index contributed by atoms with van der Waals surface area (Å²) in [6.07, 6.45) is 1.65. The van der Waals surface area contributed by atoms with Crippen LogP contribution in [0.5, 0.6) is 0 Å². The van der Waals surface area contributed by atoms with E-state index < -0.39 is 0 Å². The Bertz CT molecular complexity index is 707. The van der Waals surface area contributed by atoms with Gasteiger partial charge in [-0.1, -0.05) is 18.2 Å². The predicted octanol–water partition coefficient (Wildman–Crippen LogP) is 1.05. The first-order valence-electron chi connectivity index (χ1n) is 5.83. The molecule has 19 heavy (non-hydrogen) atoms. The summed E-state index contributed by atoms with van der Waals surface area (Å²) in [7, 11) is 0. The minimum absolute atomic E-state index is 0.145. The maximum Gasteiger partial charge on any atom is 0.251 e. The molecule has 0 aliphatic heterocycles. The van der Waals surface area contributed by atoms with E-state index in [2.05, 4.69) is 20.6 Å². The molecular formula is C13H11N5O. The Kier molecular flexibility index (Phi) is 2.89. The number of carbonyl (C=O) groups excluding carboxylic acids is 1. The summed E-state index contributed by atoms with van der Waals surface area (Å²) in [5.41, 5.74) is 1.27. The number of fused-ring (bicyclic) bond motifs is 1. The van der Waals surface area contributed by atoms with Crippen LogP contribution in [0, 0.1) is 0 Å². The van der Waals surface area contributed by atoms with Crippen molar-refractivity contribution in [3.63, 3.8) is 0 Å². The molecule has 94 valence electrons. The smallest absolute Gasteiger partial charge is 0.251 e. The molecule has 0 aliphatic rings. The highest BCUT2D eigenvalue weighted by molar-refractivity contribution is 5.93. The largest absolute Gasteiger partial charge is 0.345 e. The fourth-order valence-corrected chi connectivity index (χ4v) is 1.75. The van der Waals surface area contributed by atoms with Gasteiger partial charge in [-0.3, -0.25) is 4.79 Å². The molecule has 0 saturated heterocycles. The van der Waals surface area contributed by atoms with Crippen molar-refractivity contribution in [1.82, 2.24) is 25.1 Å². The number of aromatic nitrogens is 4. The minimum Gasteiger partial charge on any atom is -0.345 e. The summed E-state index contributed by atoms with van der Waals surface area (Å²) in [6.45, 7) is 0.284. The summed E-state index contributed by atoms with van der Waals surface area (Å²) in [5, 5.41) is 14.9. The van der Waals surface area contributed by atoms with Crippen LogP contribution >= 0.6 is 0 Å². The summed E-state index contributed by atoms with van der Waals surface area (Å²) >= 11 is 0. The van der Waals surface area contributed by atoms with Gasteiger partial charge in [-0.25, -0.2) is 0 Å². The predicted molar refractivity (Wildman–Crippen MR) is 68.4 cm³/mol. The zero-order chi connectivity index (χ0) is 13.1. The van der Waals surface area contributed by atoms with Crippen LogP contribution in [0.4, 0.5) is 0 Å². The normalized spacial score (nSPS) is 10.5. The first-order chi connectivity index (χ1) is 9.34. The average Bonchev–Trinajstić information content (AvgIpc) is 2.89. The zero-order valence-electron chi connectivity index (χ0n) is 10.0. The second kappa shape index (κ2) is 4.85. The number of carbonyl (C=O) groups is 1. The van der Waals surface area contributed by atoms with Gasteiger partial charge in [0.1, 0.15) is 0 Å². The molecule has 0 radical (unpaired) electrons. The first kappa shape index (κ1) is 11.3. The quantitative estimate of drug-likeness (QED) is 0.757. The molecule has 0 fully saturated rings. The third kappa shape index (κ3) is 2.28. The van der Waals surface area contributed by atoms with Gasteiger partial charge < -0.3 is 5.32 Å². The molecule has 3 aromatic rings. The Hall–Kier alpha value is -2.76. The highest BCUT2D eigenvalue weighted by atomic mass is 16.1. The minimum atomic E-state index is -0.145. The monoisotopic (exact) mass is 253 g/mol. The van der Waals surface area contributed by atoms with Crippen molar-refractivity contribution in [2.24, 2.45) is 0 Å². The van der Waals surface area contributed by atoms with E-state index in [0.29, 0.717) is 17.0 Å². The van der Waals surface area contributed by atoms with E-state index in [1.54, 1.807) is 28.9 Å². The number of benzene rings is 1. The maximum atomic E-state index is 11.9. The fourth-order valence-electron chi connectivity index (χ4n) is 1.75. The lowest BCUT2D eigenvalue weighted by Gasteiger charge is -2.03. The molecule has 0 atom stereocenters. The summed E-state index contributed by atoms with van der Waals surface area (Å²) in [5.74, 6) is 0.452. The molecule has 0 saturated carbocycles. The second-order valence-electron chi connectivity index (χ2n) is 3.96. The molecule has 6 heteroatoms. The highest BCUT2D eigenvalue weighted by Crippen LogP contribution is 2.01. The maximum absolute atomic E-state index is 11.9. The van der Waals surface area contributed by atoms with Crippen molar-refractivity contribution in [2.75, 3.05) is 0 Å². The summed E-state index contributed by atoms with van der Waals surface area (Å²) < 4.78 is 1.60. The molecule has 6 nitrogen and oxygen atoms in total. The number of hydrogen-bond donors (Lipinski definition) is 1. The van der Waals surface area contributed by atoms with Crippen molar-refractivity contribution in [3.05, 3.63) is 60.0 Å². The molecule has 0 spiro atoms. The van der Waals surface area contributed by atoms with E-state index in [4.69, 9.17) is 0 Å². The van der Waals surface area contributed by atoms with Gasteiger partial charge in [0.15, 0.2) is 11.5 Å². The molecule has 0 unspecified atom stereocenters. The molecule has 2 heterocycles. The van der Waals surface area contributed by atoms with Crippen molar-refractivity contribution in [3.8, 4) is 0 Å². The van der Waals surface area contributed by atoms with Gasteiger partial charge in [0.25, 0.3) is 5.91 Å². The van der Waals surface area contributed by atoms with Gasteiger partial charge in [-0.05, 0) is 24.3 Å². The molecule has 3 rings (SSSR count). The van der Waals surface area contributed by atoms with Gasteiger partial charge >= 0.3 is 0 Å². The topological polar surface area (TPSA) is 72.2 Å². The van der Waals surface area contributed by atoms with Crippen LogP contribution in [0.1, 0.15) is 16.2 Å². The van der Waals surface area contributed by atoms with E-state index in [1.807, 2.05) is 24.3 Å². The van der Waals surface area contributed by atoms with Gasteiger partial charge in [0.05, 0.1) is 6.54 Å². The Morgan fingerprint density at radius 2 is 1.95 bits per heavy atom. The van der Waals surface area contributed by atoms with Gasteiger partial charge in [0, 0.05) is 11.8 Å². The van der Waals surface area contributed by atoms with Gasteiger partial charge in [0.2, 0.25) is 0 Å². The SMILES string of the molecule is O=C(NCc1nnc2cccnn12)c1ccccc1. The van der Waals surface area contributed by atoms with E-state index in [1.165, 1.54) is 0 Å². The molecule has 1 aromatic carbocycles. The van der Waals surface area contributed by atoms with E-state index >= 15 is 0 Å². The fraction of sp³-hybridized carbons (Fsp3) is 0.0769. The zero-order valence-corrected chi connectivity index (χ0v) is 10.0. The molecule has 0 aliphatic carbocycles. The first-order valence-corrected chi connectivity index (χ1v) is 5.83. The van der Waals surface area contributed by atoms with Crippen LogP contribution in [-0.2, 0) is 6.54 Å². The number of amides is 1. The average molecular weight is 253 g/mol. The molecular weight excluding hydrogens is 242 g/mol. The van der Waals surface area contributed by atoms with Crippen molar-refractivity contribution < 1.29 is 4.79 Å². The Balaban J connectivity index is 1.75. The van der Waals surface area contributed by atoms with E-state index in [9.17, 15) is 4.79 Å². The molecule has 0 bridgehead atoms. The van der Waals surface area contributed by atoms with Crippen LogP contribution in [0.25, 0.3) is 5.65 Å². The molecule has 1 amide bonds. The summed E-state index contributed by atoms with van der Waals surface area (Å²) in [4.78, 5) is 11.9. The lowest BCUT2D eigenvalue weighted by atomic mass is 10.2.